The third-order valence-corrected chi connectivity index (χ3v) is 2.09. The van der Waals surface area contributed by atoms with E-state index in [4.69, 9.17) is 5.73 Å². The zero-order valence-electron chi connectivity index (χ0n) is 9.05. The van der Waals surface area contributed by atoms with Crippen LogP contribution in [0.1, 0.15) is 11.1 Å². The maximum absolute atomic E-state index is 12.4. The molecule has 3 N–H and O–H groups in total. The maximum atomic E-state index is 12.4. The molecule has 1 rings (SSSR count). The summed E-state index contributed by atoms with van der Waals surface area (Å²) in [7, 11) is 0. The van der Waals surface area contributed by atoms with Crippen molar-refractivity contribution in [3.8, 4) is 0 Å². The van der Waals surface area contributed by atoms with E-state index in [9.17, 15) is 18.0 Å². The van der Waals surface area contributed by atoms with Crippen molar-refractivity contribution in [2.75, 3.05) is 13.1 Å². The molecule has 0 aliphatic carbocycles. The Hall–Kier alpha value is -1.56. The maximum Gasteiger partial charge on any atom is 0.416 e. The van der Waals surface area contributed by atoms with Crippen LogP contribution in [-0.4, -0.2) is 19.0 Å². The summed E-state index contributed by atoms with van der Waals surface area (Å²) in [6.07, 6.45) is -4.46. The Morgan fingerprint density at radius 2 is 2.06 bits per heavy atom. The molecule has 0 saturated heterocycles. The fourth-order valence-corrected chi connectivity index (χ4v) is 1.32. The molecule has 1 amide bonds. The Kier molecular flexibility index (Phi) is 4.51. The Labute approximate surface area is 96.8 Å². The molecule has 17 heavy (non-hydrogen) atoms. The molecule has 6 heteroatoms. The quantitative estimate of drug-likeness (QED) is 0.842. The molecule has 94 valence electrons. The molecular formula is C11H13F3N2O. The van der Waals surface area contributed by atoms with Gasteiger partial charge in [0.2, 0.25) is 5.91 Å². The highest BCUT2D eigenvalue weighted by Gasteiger charge is 2.30. The van der Waals surface area contributed by atoms with Crippen LogP contribution in [-0.2, 0) is 17.4 Å². The summed E-state index contributed by atoms with van der Waals surface area (Å²) >= 11 is 0. The van der Waals surface area contributed by atoms with Crippen molar-refractivity contribution in [2.45, 2.75) is 12.6 Å². The fraction of sp³-hybridized carbons (Fsp3) is 0.364. The molecule has 0 atom stereocenters. The van der Waals surface area contributed by atoms with Crippen LogP contribution in [0.25, 0.3) is 0 Å². The third-order valence-electron chi connectivity index (χ3n) is 2.09. The average Bonchev–Trinajstić information content (AvgIpc) is 2.25. The van der Waals surface area contributed by atoms with Crippen LogP contribution in [0.3, 0.4) is 0 Å². The van der Waals surface area contributed by atoms with Crippen molar-refractivity contribution < 1.29 is 18.0 Å². The van der Waals surface area contributed by atoms with Gasteiger partial charge in [0.15, 0.2) is 0 Å². The second-order valence-electron chi connectivity index (χ2n) is 3.51. The van der Waals surface area contributed by atoms with E-state index < -0.39 is 11.7 Å². The van der Waals surface area contributed by atoms with Gasteiger partial charge in [-0.25, -0.2) is 0 Å². The molecule has 0 fully saturated rings. The van der Waals surface area contributed by atoms with Crippen LogP contribution < -0.4 is 11.1 Å². The van der Waals surface area contributed by atoms with E-state index in [0.717, 1.165) is 12.1 Å². The number of alkyl halides is 3. The molecule has 0 spiro atoms. The molecule has 1 aromatic carbocycles. The van der Waals surface area contributed by atoms with Crippen LogP contribution in [0.15, 0.2) is 24.3 Å². The van der Waals surface area contributed by atoms with Crippen molar-refractivity contribution in [1.82, 2.24) is 5.32 Å². The summed E-state index contributed by atoms with van der Waals surface area (Å²) < 4.78 is 37.2. The highest BCUT2D eigenvalue weighted by atomic mass is 19.4. The van der Waals surface area contributed by atoms with E-state index in [-0.39, 0.29) is 12.3 Å². The molecule has 0 radical (unpaired) electrons. The smallest absolute Gasteiger partial charge is 0.355 e. The molecule has 3 nitrogen and oxygen atoms in total. The summed E-state index contributed by atoms with van der Waals surface area (Å²) in [5.41, 5.74) is 4.77. The van der Waals surface area contributed by atoms with Crippen molar-refractivity contribution in [1.29, 1.82) is 0 Å². The number of benzene rings is 1. The summed E-state index contributed by atoms with van der Waals surface area (Å²) in [5, 5.41) is 2.49. The minimum Gasteiger partial charge on any atom is -0.355 e. The van der Waals surface area contributed by atoms with Crippen molar-refractivity contribution >= 4 is 5.91 Å². The molecule has 0 bridgehead atoms. The molecule has 0 heterocycles. The molecule has 0 aromatic heterocycles. The normalized spacial score (nSPS) is 11.3. The highest BCUT2D eigenvalue weighted by Crippen LogP contribution is 2.29. The highest BCUT2D eigenvalue weighted by molar-refractivity contribution is 5.78. The fourth-order valence-electron chi connectivity index (χ4n) is 1.32. The predicted octanol–water partition coefficient (Wildman–Crippen LogP) is 1.32. The van der Waals surface area contributed by atoms with Gasteiger partial charge in [0, 0.05) is 13.1 Å². The zero-order chi connectivity index (χ0) is 12.9. The van der Waals surface area contributed by atoms with Crippen LogP contribution >= 0.6 is 0 Å². The lowest BCUT2D eigenvalue weighted by Gasteiger charge is -2.08. The van der Waals surface area contributed by atoms with Crippen LogP contribution in [0.2, 0.25) is 0 Å². The first kappa shape index (κ1) is 13.5. The number of nitrogens with two attached hydrogens (primary N) is 1. The number of nitrogens with one attached hydrogen (secondary N) is 1. The second-order valence-corrected chi connectivity index (χ2v) is 3.51. The molecule has 0 aliphatic heterocycles. The number of carbonyl (C=O) groups is 1. The van der Waals surface area contributed by atoms with Crippen molar-refractivity contribution in [3.63, 3.8) is 0 Å². The number of hydrogen-bond acceptors (Lipinski definition) is 2. The number of halogens is 3. The average molecular weight is 246 g/mol. The minimum absolute atomic E-state index is 0.0794. The molecule has 1 aromatic rings. The largest absolute Gasteiger partial charge is 0.416 e. The van der Waals surface area contributed by atoms with Crippen LogP contribution in [0.5, 0.6) is 0 Å². The van der Waals surface area contributed by atoms with E-state index >= 15 is 0 Å². The molecule has 0 saturated carbocycles. The van der Waals surface area contributed by atoms with E-state index in [0.29, 0.717) is 18.7 Å². The number of carbonyl (C=O) groups excluding carboxylic acids is 1. The lowest BCUT2D eigenvalue weighted by Crippen LogP contribution is -2.30. The van der Waals surface area contributed by atoms with Crippen molar-refractivity contribution in [2.24, 2.45) is 5.73 Å². The first-order chi connectivity index (χ1) is 7.93. The first-order valence-electron chi connectivity index (χ1n) is 5.06. The van der Waals surface area contributed by atoms with Gasteiger partial charge >= 0.3 is 6.18 Å². The van der Waals surface area contributed by atoms with Gasteiger partial charge in [-0.3, -0.25) is 4.79 Å². The van der Waals surface area contributed by atoms with Gasteiger partial charge in [-0.1, -0.05) is 18.2 Å². The first-order valence-corrected chi connectivity index (χ1v) is 5.06. The minimum atomic E-state index is -4.39. The molecular weight excluding hydrogens is 233 g/mol. The second kappa shape index (κ2) is 5.67. The lowest BCUT2D eigenvalue weighted by atomic mass is 10.1. The summed E-state index contributed by atoms with van der Waals surface area (Å²) in [4.78, 5) is 11.3. The molecule has 0 aliphatic rings. The summed E-state index contributed by atoms with van der Waals surface area (Å²) in [6, 6.07) is 4.72. The van der Waals surface area contributed by atoms with Gasteiger partial charge in [0.05, 0.1) is 12.0 Å². The predicted molar refractivity (Wildman–Crippen MR) is 57.2 cm³/mol. The summed E-state index contributed by atoms with van der Waals surface area (Å²) in [6.45, 7) is 0.617. The Balaban J connectivity index is 2.69. The standard InChI is InChI=1S/C11H13F3N2O/c12-11(13,14)9-3-1-2-8(6-9)7-10(17)16-5-4-15/h1-3,6H,4-5,7,15H2,(H,16,17). The Bertz CT molecular complexity index is 391. The van der Waals surface area contributed by atoms with E-state index in [1.54, 1.807) is 0 Å². The lowest BCUT2D eigenvalue weighted by molar-refractivity contribution is -0.137. The van der Waals surface area contributed by atoms with Crippen molar-refractivity contribution in [3.05, 3.63) is 35.4 Å². The van der Waals surface area contributed by atoms with Crippen LogP contribution in [0, 0.1) is 0 Å². The van der Waals surface area contributed by atoms with E-state index in [1.807, 2.05) is 0 Å². The SMILES string of the molecule is NCCNC(=O)Cc1cccc(C(F)(F)F)c1. The molecule has 0 unspecified atom stereocenters. The Morgan fingerprint density at radius 3 is 2.65 bits per heavy atom. The van der Waals surface area contributed by atoms with Gasteiger partial charge in [0.25, 0.3) is 0 Å². The van der Waals surface area contributed by atoms with Gasteiger partial charge in [0.1, 0.15) is 0 Å². The topological polar surface area (TPSA) is 55.1 Å². The van der Waals surface area contributed by atoms with Gasteiger partial charge in [-0.15, -0.1) is 0 Å². The van der Waals surface area contributed by atoms with Crippen LogP contribution in [0.4, 0.5) is 13.2 Å². The Morgan fingerprint density at radius 1 is 1.35 bits per heavy atom. The number of amides is 1. The monoisotopic (exact) mass is 246 g/mol. The zero-order valence-corrected chi connectivity index (χ0v) is 9.05. The third kappa shape index (κ3) is 4.44. The number of rotatable bonds is 4. The van der Waals surface area contributed by atoms with Gasteiger partial charge < -0.3 is 11.1 Å². The van der Waals surface area contributed by atoms with E-state index in [2.05, 4.69) is 5.32 Å². The summed E-state index contributed by atoms with van der Waals surface area (Å²) in [5.74, 6) is -0.338. The number of hydrogen-bond donors (Lipinski definition) is 2. The van der Waals surface area contributed by atoms with Gasteiger partial charge in [-0.2, -0.15) is 13.2 Å². The van der Waals surface area contributed by atoms with Gasteiger partial charge in [-0.05, 0) is 11.6 Å². The van der Waals surface area contributed by atoms with E-state index in [1.165, 1.54) is 12.1 Å².